The highest BCUT2D eigenvalue weighted by Gasteiger charge is 2.47. The van der Waals surface area contributed by atoms with Crippen molar-refractivity contribution in [3.05, 3.63) is 70.8 Å². The maximum atomic E-state index is 12.8. The molecule has 162 valence electrons. The number of aliphatic hydroxyl groups excluding tert-OH is 1. The van der Waals surface area contributed by atoms with E-state index in [0.29, 0.717) is 12.0 Å². The van der Waals surface area contributed by atoms with E-state index in [-0.39, 0.29) is 12.2 Å². The number of aliphatic hydroxyl groups is 1. The maximum absolute atomic E-state index is 12.8. The number of hydrogen-bond donors (Lipinski definition) is 4. The van der Waals surface area contributed by atoms with E-state index in [1.54, 1.807) is 24.3 Å². The van der Waals surface area contributed by atoms with Gasteiger partial charge in [-0.2, -0.15) is 0 Å². The SMILES string of the molecule is CNC(=O)[C@@](C)(C(=O)NO)N(C)C(=O)c1ccc(C#Cc2ccc(CCO)cc2)cc1. The molecule has 0 heterocycles. The van der Waals surface area contributed by atoms with E-state index in [9.17, 15) is 14.4 Å². The summed E-state index contributed by atoms with van der Waals surface area (Å²) in [7, 11) is 2.64. The summed E-state index contributed by atoms with van der Waals surface area (Å²) in [6.45, 7) is 1.33. The predicted octanol–water partition coefficient (Wildman–Crippen LogP) is 0.703. The molecule has 0 unspecified atom stereocenters. The summed E-state index contributed by atoms with van der Waals surface area (Å²) in [4.78, 5) is 38.1. The lowest BCUT2D eigenvalue weighted by molar-refractivity contribution is -0.148. The largest absolute Gasteiger partial charge is 0.396 e. The molecule has 0 aliphatic carbocycles. The summed E-state index contributed by atoms with van der Waals surface area (Å²) >= 11 is 0. The minimum atomic E-state index is -1.94. The first kappa shape index (κ1) is 23.6. The molecule has 2 rings (SSSR count). The van der Waals surface area contributed by atoms with E-state index in [1.165, 1.54) is 26.5 Å². The zero-order chi connectivity index (χ0) is 23.0. The number of hydrogen-bond acceptors (Lipinski definition) is 5. The third-order valence-corrected chi connectivity index (χ3v) is 5.03. The normalized spacial score (nSPS) is 12.0. The Morgan fingerprint density at radius 1 is 0.968 bits per heavy atom. The third kappa shape index (κ3) is 5.28. The number of carbonyl (C=O) groups excluding carboxylic acids is 3. The molecule has 0 saturated heterocycles. The smallest absolute Gasteiger partial charge is 0.278 e. The minimum Gasteiger partial charge on any atom is -0.396 e. The van der Waals surface area contributed by atoms with Crippen LogP contribution in [0.5, 0.6) is 0 Å². The molecule has 0 aliphatic rings. The molecule has 8 heteroatoms. The van der Waals surface area contributed by atoms with Crippen molar-refractivity contribution < 1.29 is 24.7 Å². The van der Waals surface area contributed by atoms with Crippen molar-refractivity contribution in [1.82, 2.24) is 15.7 Å². The third-order valence-electron chi connectivity index (χ3n) is 5.03. The van der Waals surface area contributed by atoms with Crippen molar-refractivity contribution >= 4 is 17.7 Å². The first-order valence-electron chi connectivity index (χ1n) is 9.54. The Bertz CT molecular complexity index is 988. The second kappa shape index (κ2) is 10.4. The molecule has 2 aromatic carbocycles. The highest BCUT2D eigenvalue weighted by molar-refractivity contribution is 6.12. The fourth-order valence-corrected chi connectivity index (χ4v) is 2.88. The Morgan fingerprint density at radius 3 is 1.94 bits per heavy atom. The molecule has 3 amide bonds. The Kier molecular flexibility index (Phi) is 7.91. The van der Waals surface area contributed by atoms with E-state index < -0.39 is 23.3 Å². The number of hydroxylamine groups is 1. The molecule has 0 aromatic heterocycles. The Labute approximate surface area is 180 Å². The average Bonchev–Trinajstić information content (AvgIpc) is 2.81. The fourth-order valence-electron chi connectivity index (χ4n) is 2.88. The Balaban J connectivity index is 2.20. The summed E-state index contributed by atoms with van der Waals surface area (Å²) in [6, 6.07) is 14.0. The van der Waals surface area contributed by atoms with Gasteiger partial charge in [0.2, 0.25) is 0 Å². The average molecular weight is 423 g/mol. The van der Waals surface area contributed by atoms with Crippen LogP contribution < -0.4 is 10.8 Å². The second-order valence-electron chi connectivity index (χ2n) is 6.95. The van der Waals surface area contributed by atoms with Gasteiger partial charge in [-0.15, -0.1) is 0 Å². The first-order valence-corrected chi connectivity index (χ1v) is 9.54. The summed E-state index contributed by atoms with van der Waals surface area (Å²) < 4.78 is 0. The van der Waals surface area contributed by atoms with Gasteiger partial charge in [0.25, 0.3) is 17.7 Å². The van der Waals surface area contributed by atoms with Gasteiger partial charge in [0, 0.05) is 37.4 Å². The van der Waals surface area contributed by atoms with E-state index in [0.717, 1.165) is 16.0 Å². The topological polar surface area (TPSA) is 119 Å². The predicted molar refractivity (Wildman–Crippen MR) is 114 cm³/mol. The number of likely N-dealkylation sites (N-methyl/N-ethyl adjacent to an activating group) is 2. The van der Waals surface area contributed by atoms with E-state index in [2.05, 4.69) is 17.2 Å². The molecule has 2 aromatic rings. The monoisotopic (exact) mass is 423 g/mol. The van der Waals surface area contributed by atoms with Gasteiger partial charge in [0.1, 0.15) is 0 Å². The summed E-state index contributed by atoms with van der Waals surface area (Å²) in [5, 5.41) is 20.3. The molecule has 0 spiro atoms. The molecular weight excluding hydrogens is 398 g/mol. The van der Waals surface area contributed by atoms with Gasteiger partial charge in [-0.3, -0.25) is 19.6 Å². The van der Waals surface area contributed by atoms with Gasteiger partial charge in [-0.25, -0.2) is 5.48 Å². The molecule has 0 fully saturated rings. The van der Waals surface area contributed by atoms with Crippen LogP contribution in [0, 0.1) is 11.8 Å². The lowest BCUT2D eigenvalue weighted by Gasteiger charge is -2.34. The lowest BCUT2D eigenvalue weighted by atomic mass is 9.96. The molecule has 0 aliphatic heterocycles. The highest BCUT2D eigenvalue weighted by Crippen LogP contribution is 2.18. The zero-order valence-electron chi connectivity index (χ0n) is 17.6. The molecule has 8 nitrogen and oxygen atoms in total. The standard InChI is InChI=1S/C23H25N3O5/c1-23(21(29)24-2,22(30)25-31)26(3)20(28)19-12-10-17(11-13-19)5-4-16-6-8-18(9-7-16)14-15-27/h6-13,27,31H,14-15H2,1-3H3,(H,24,29)(H,25,30)/t23-/m0/s1. The van der Waals surface area contributed by atoms with Gasteiger partial charge < -0.3 is 15.3 Å². The van der Waals surface area contributed by atoms with Crippen LogP contribution in [-0.4, -0.2) is 59.2 Å². The summed E-state index contributed by atoms with van der Waals surface area (Å²) in [5.74, 6) is 3.68. The quantitative estimate of drug-likeness (QED) is 0.236. The Hall–Kier alpha value is -3.67. The highest BCUT2D eigenvalue weighted by atomic mass is 16.5. The second-order valence-corrected chi connectivity index (χ2v) is 6.95. The van der Waals surface area contributed by atoms with Crippen molar-refractivity contribution in [2.45, 2.75) is 18.9 Å². The molecule has 0 radical (unpaired) electrons. The molecule has 0 saturated carbocycles. The summed E-state index contributed by atoms with van der Waals surface area (Å²) in [6.07, 6.45) is 0.594. The van der Waals surface area contributed by atoms with Crippen LogP contribution in [0.2, 0.25) is 0 Å². The van der Waals surface area contributed by atoms with Crippen molar-refractivity contribution in [2.24, 2.45) is 0 Å². The van der Waals surface area contributed by atoms with Gasteiger partial charge in [-0.05, 0) is 55.3 Å². The van der Waals surface area contributed by atoms with Crippen LogP contribution in [0.25, 0.3) is 0 Å². The van der Waals surface area contributed by atoms with Crippen LogP contribution in [0.3, 0.4) is 0 Å². The zero-order valence-corrected chi connectivity index (χ0v) is 17.6. The molecule has 1 atom stereocenters. The van der Waals surface area contributed by atoms with E-state index in [4.69, 9.17) is 10.3 Å². The van der Waals surface area contributed by atoms with Crippen molar-refractivity contribution in [1.29, 1.82) is 0 Å². The number of nitrogens with zero attached hydrogens (tertiary/aromatic N) is 1. The fraction of sp³-hybridized carbons (Fsp3) is 0.261. The minimum absolute atomic E-state index is 0.0955. The van der Waals surface area contributed by atoms with Crippen LogP contribution >= 0.6 is 0 Å². The van der Waals surface area contributed by atoms with Gasteiger partial charge >= 0.3 is 0 Å². The molecule has 4 N–H and O–H groups in total. The lowest BCUT2D eigenvalue weighted by Crippen LogP contribution is -2.64. The number of amides is 3. The number of carbonyl (C=O) groups is 3. The summed E-state index contributed by atoms with van der Waals surface area (Å²) in [5.41, 5.74) is 2.27. The van der Waals surface area contributed by atoms with Crippen molar-refractivity contribution in [2.75, 3.05) is 20.7 Å². The number of nitrogens with one attached hydrogen (secondary N) is 2. The van der Waals surface area contributed by atoms with Gasteiger partial charge in [0.05, 0.1) is 0 Å². The van der Waals surface area contributed by atoms with Crippen molar-refractivity contribution in [3.8, 4) is 11.8 Å². The van der Waals surface area contributed by atoms with Crippen LogP contribution in [-0.2, 0) is 16.0 Å². The van der Waals surface area contributed by atoms with E-state index in [1.807, 2.05) is 24.3 Å². The maximum Gasteiger partial charge on any atom is 0.278 e. The molecular formula is C23H25N3O5. The first-order chi connectivity index (χ1) is 14.8. The van der Waals surface area contributed by atoms with Gasteiger partial charge in [0.15, 0.2) is 5.54 Å². The van der Waals surface area contributed by atoms with Crippen LogP contribution in [0.1, 0.15) is 34.0 Å². The van der Waals surface area contributed by atoms with Crippen molar-refractivity contribution in [3.63, 3.8) is 0 Å². The van der Waals surface area contributed by atoms with Gasteiger partial charge in [-0.1, -0.05) is 24.0 Å². The van der Waals surface area contributed by atoms with Crippen LogP contribution in [0.4, 0.5) is 0 Å². The number of rotatable bonds is 6. The molecule has 31 heavy (non-hydrogen) atoms. The number of benzene rings is 2. The van der Waals surface area contributed by atoms with E-state index >= 15 is 0 Å². The molecule has 0 bridgehead atoms. The Morgan fingerprint density at radius 2 is 1.48 bits per heavy atom. The van der Waals surface area contributed by atoms with Crippen LogP contribution in [0.15, 0.2) is 48.5 Å².